The van der Waals surface area contributed by atoms with E-state index in [9.17, 15) is 30.7 Å². The fraction of sp³-hybridized carbons (Fsp3) is 1.00. The summed E-state index contributed by atoms with van der Waals surface area (Å²) < 4.78 is 85.1. The Balaban J connectivity index is 3.52. The van der Waals surface area contributed by atoms with Crippen molar-refractivity contribution in [2.75, 3.05) is 0 Å². The molecule has 19 heavy (non-hydrogen) atoms. The highest BCUT2D eigenvalue weighted by molar-refractivity contribution is 4.78. The zero-order valence-electron chi connectivity index (χ0n) is 10.4. The van der Waals surface area contributed by atoms with Crippen molar-refractivity contribution in [2.45, 2.75) is 69.5 Å². The Kier molecular flexibility index (Phi) is 7.10. The molecule has 116 valence electrons. The smallest absolute Gasteiger partial charge is 0.267 e. The van der Waals surface area contributed by atoms with Crippen molar-refractivity contribution in [3.8, 4) is 0 Å². The van der Waals surface area contributed by atoms with Gasteiger partial charge in [-0.15, -0.1) is 0 Å². The lowest BCUT2D eigenvalue weighted by molar-refractivity contribution is -0.208. The molecule has 0 amide bonds. The maximum absolute atomic E-state index is 12.7. The van der Waals surface area contributed by atoms with Crippen LogP contribution in [0.1, 0.15) is 51.4 Å². The minimum atomic E-state index is -4.53. The molecule has 0 fully saturated rings. The Bertz CT molecular complexity index is 244. The van der Waals surface area contributed by atoms with Crippen molar-refractivity contribution in [1.82, 2.24) is 0 Å². The van der Waals surface area contributed by atoms with E-state index in [2.05, 4.69) is 5.73 Å². The second-order valence-electron chi connectivity index (χ2n) is 4.56. The molecular formula is C11H18F7N. The highest BCUT2D eigenvalue weighted by Gasteiger charge is 2.52. The summed E-state index contributed by atoms with van der Waals surface area (Å²) in [6, 6.07) is -4.53. The Morgan fingerprint density at radius 1 is 0.579 bits per heavy atom. The van der Waals surface area contributed by atoms with E-state index in [0.717, 1.165) is 0 Å². The van der Waals surface area contributed by atoms with Gasteiger partial charge in [-0.2, -0.15) is 30.7 Å². The molecule has 0 bridgehead atoms. The van der Waals surface area contributed by atoms with Crippen LogP contribution in [-0.4, -0.2) is 18.1 Å². The number of hydrogen-bond donors (Lipinski definition) is 1. The minimum Gasteiger partial charge on any atom is -0.267 e. The third-order valence-corrected chi connectivity index (χ3v) is 2.69. The first-order valence-corrected chi connectivity index (χ1v) is 6.07. The summed E-state index contributed by atoms with van der Waals surface area (Å²) in [6.45, 7) is 0. The zero-order chi connectivity index (χ0) is 15.2. The van der Waals surface area contributed by atoms with Gasteiger partial charge in [0.25, 0.3) is 0 Å². The van der Waals surface area contributed by atoms with Gasteiger partial charge in [0, 0.05) is 12.8 Å². The van der Waals surface area contributed by atoms with Crippen molar-refractivity contribution in [2.24, 2.45) is 5.73 Å². The molecule has 0 aliphatic rings. The van der Waals surface area contributed by atoms with E-state index in [1.54, 1.807) is 0 Å². The third-order valence-electron chi connectivity index (χ3n) is 2.69. The lowest BCUT2D eigenvalue weighted by Crippen LogP contribution is -2.48. The van der Waals surface area contributed by atoms with Crippen LogP contribution in [0.4, 0.5) is 30.7 Å². The van der Waals surface area contributed by atoms with Crippen LogP contribution in [-0.2, 0) is 0 Å². The van der Waals surface area contributed by atoms with E-state index in [4.69, 9.17) is 0 Å². The lowest BCUT2D eigenvalue weighted by Gasteiger charge is -2.22. The van der Waals surface area contributed by atoms with Crippen LogP contribution in [0.3, 0.4) is 0 Å². The maximum atomic E-state index is 12.7. The summed E-state index contributed by atoms with van der Waals surface area (Å²) in [6.07, 6.45) is -4.62. The number of hydrogen-bond acceptors (Lipinski definition) is 1. The van der Waals surface area contributed by atoms with Crippen molar-refractivity contribution in [3.63, 3.8) is 0 Å². The van der Waals surface area contributed by atoms with Gasteiger partial charge in [0.05, 0.1) is 0 Å². The molecule has 0 aromatic carbocycles. The second kappa shape index (κ2) is 7.31. The first-order valence-electron chi connectivity index (χ1n) is 6.07. The molecule has 0 unspecified atom stereocenters. The minimum absolute atomic E-state index is 0.000527. The number of alkyl halides is 7. The molecule has 0 atom stereocenters. The fourth-order valence-corrected chi connectivity index (χ4v) is 1.55. The molecule has 0 radical (unpaired) electrons. The predicted molar refractivity (Wildman–Crippen MR) is 57.1 cm³/mol. The monoisotopic (exact) mass is 297 g/mol. The van der Waals surface area contributed by atoms with Crippen LogP contribution >= 0.6 is 0 Å². The first kappa shape index (κ1) is 18.5. The van der Waals surface area contributed by atoms with Gasteiger partial charge in [0.15, 0.2) is 0 Å². The number of nitrogens with two attached hydrogens (primary N) is 1. The molecule has 0 spiro atoms. The highest BCUT2D eigenvalue weighted by Crippen LogP contribution is 2.34. The quantitative estimate of drug-likeness (QED) is 0.367. The van der Waals surface area contributed by atoms with Crippen molar-refractivity contribution < 1.29 is 30.7 Å². The van der Waals surface area contributed by atoms with Gasteiger partial charge in [-0.1, -0.05) is 25.7 Å². The summed E-state index contributed by atoms with van der Waals surface area (Å²) in [5.74, 6) is -4.23. The van der Waals surface area contributed by atoms with Crippen LogP contribution in [0.5, 0.6) is 0 Å². The van der Waals surface area contributed by atoms with Crippen LogP contribution < -0.4 is 5.73 Å². The summed E-state index contributed by atoms with van der Waals surface area (Å²) in [5.41, 5.74) is 4.04. The van der Waals surface area contributed by atoms with Crippen molar-refractivity contribution in [1.29, 1.82) is 0 Å². The topological polar surface area (TPSA) is 26.0 Å². The highest BCUT2D eigenvalue weighted by atomic mass is 19.4. The molecule has 8 heteroatoms. The van der Waals surface area contributed by atoms with Crippen molar-refractivity contribution in [3.05, 3.63) is 0 Å². The maximum Gasteiger partial charge on any atom is 0.389 e. The largest absolute Gasteiger partial charge is 0.389 e. The van der Waals surface area contributed by atoms with Gasteiger partial charge in [-0.25, -0.2) is 0 Å². The molecule has 0 saturated carbocycles. The normalized spacial score (nSPS) is 13.9. The molecule has 0 aliphatic carbocycles. The number of rotatable bonds is 9. The fourth-order valence-electron chi connectivity index (χ4n) is 1.55. The summed E-state index contributed by atoms with van der Waals surface area (Å²) >= 11 is 0. The van der Waals surface area contributed by atoms with E-state index < -0.39 is 31.0 Å². The van der Waals surface area contributed by atoms with E-state index in [1.807, 2.05) is 0 Å². The molecule has 0 aromatic heterocycles. The third kappa shape index (κ3) is 9.07. The Morgan fingerprint density at radius 2 is 0.947 bits per heavy atom. The predicted octanol–water partition coefficient (Wildman–Crippen LogP) is 4.86. The molecule has 0 aliphatic heterocycles. The Hall–Kier alpha value is -0.530. The molecule has 0 aromatic rings. The second-order valence-corrected chi connectivity index (χ2v) is 4.56. The van der Waals surface area contributed by atoms with Crippen LogP contribution in [0.25, 0.3) is 0 Å². The molecule has 2 N–H and O–H groups in total. The average Bonchev–Trinajstić information content (AvgIpc) is 2.18. The molecule has 1 nitrogen and oxygen atoms in total. The van der Waals surface area contributed by atoms with Gasteiger partial charge >= 0.3 is 18.1 Å². The average molecular weight is 297 g/mol. The molecule has 0 heterocycles. The van der Waals surface area contributed by atoms with Crippen LogP contribution in [0.2, 0.25) is 0 Å². The standard InChI is InChI=1S/C11H18F7N/c12-9(13,11(17,18)19)7-5-3-1-2-4-6-8-10(14,15)16/h1-8,19H2. The SMILES string of the molecule is NC(F)(F)C(F)(F)CCCCCCCCC(F)(F)F. The van der Waals surface area contributed by atoms with Crippen molar-refractivity contribution >= 4 is 0 Å². The van der Waals surface area contributed by atoms with E-state index in [1.165, 1.54) is 0 Å². The van der Waals surface area contributed by atoms with Gasteiger partial charge in [-0.3, -0.25) is 5.73 Å². The number of unbranched alkanes of at least 4 members (excludes halogenated alkanes) is 5. The zero-order valence-corrected chi connectivity index (χ0v) is 10.4. The van der Waals surface area contributed by atoms with Gasteiger partial charge in [0.1, 0.15) is 0 Å². The summed E-state index contributed by atoms with van der Waals surface area (Å²) in [5, 5.41) is 0. The summed E-state index contributed by atoms with van der Waals surface area (Å²) in [4.78, 5) is 0. The Labute approximate surface area is 107 Å². The summed E-state index contributed by atoms with van der Waals surface area (Å²) in [7, 11) is 0. The Morgan fingerprint density at radius 3 is 1.32 bits per heavy atom. The van der Waals surface area contributed by atoms with Gasteiger partial charge < -0.3 is 0 Å². The van der Waals surface area contributed by atoms with Crippen LogP contribution in [0, 0.1) is 0 Å². The number of halogens is 7. The first-order chi connectivity index (χ1) is 8.46. The van der Waals surface area contributed by atoms with E-state index in [-0.39, 0.29) is 19.3 Å². The van der Waals surface area contributed by atoms with Gasteiger partial charge in [-0.05, 0) is 12.8 Å². The van der Waals surface area contributed by atoms with Crippen LogP contribution in [0.15, 0.2) is 0 Å². The molecule has 0 rings (SSSR count). The van der Waals surface area contributed by atoms with Gasteiger partial charge in [0.2, 0.25) is 0 Å². The lowest BCUT2D eigenvalue weighted by atomic mass is 10.0. The van der Waals surface area contributed by atoms with E-state index in [0.29, 0.717) is 19.3 Å². The molecule has 0 saturated heterocycles. The molecular weight excluding hydrogens is 279 g/mol. The van der Waals surface area contributed by atoms with E-state index >= 15 is 0 Å².